The van der Waals surface area contributed by atoms with Crippen molar-refractivity contribution in [3.63, 3.8) is 0 Å². The molecule has 0 fully saturated rings. The Morgan fingerprint density at radius 2 is 1.67 bits per heavy atom. The number of halogens is 2. The van der Waals surface area contributed by atoms with Crippen LogP contribution in [0.5, 0.6) is 0 Å². The normalized spacial score (nSPS) is 18.5. The Hall–Kier alpha value is -0.840. The Morgan fingerprint density at radius 1 is 1.07 bits per heavy atom. The van der Waals surface area contributed by atoms with Crippen LogP contribution in [0.25, 0.3) is 0 Å². The van der Waals surface area contributed by atoms with E-state index in [0.717, 1.165) is 6.20 Å². The van der Waals surface area contributed by atoms with Crippen LogP contribution in [-0.4, -0.2) is 13.5 Å². The zero-order valence-electron chi connectivity index (χ0n) is 7.31. The topological polar surface area (TPSA) is 46.5 Å². The number of hydrogen-bond donors (Lipinski definition) is 0. The van der Waals surface area contributed by atoms with Crippen molar-refractivity contribution in [2.45, 2.75) is 0 Å². The Morgan fingerprint density at radius 3 is 2.13 bits per heavy atom. The molecule has 1 aliphatic heterocycles. The summed E-state index contributed by atoms with van der Waals surface area (Å²) in [6, 6.07) is 6.37. The van der Waals surface area contributed by atoms with Crippen molar-refractivity contribution in [1.29, 1.82) is 0 Å². The van der Waals surface area contributed by atoms with Gasteiger partial charge in [-0.15, -0.1) is 0 Å². The van der Waals surface area contributed by atoms with Crippen LogP contribution in [0.4, 0.5) is 0 Å². The summed E-state index contributed by atoms with van der Waals surface area (Å²) in [5.41, 5.74) is 0.478. The lowest BCUT2D eigenvalue weighted by Crippen LogP contribution is -2.12. The molecule has 0 aromatic heterocycles. The summed E-state index contributed by atoms with van der Waals surface area (Å²) in [4.78, 5) is 3.76. The quantitative estimate of drug-likeness (QED) is 0.780. The number of hydrogen-bond acceptors (Lipinski definition) is 3. The van der Waals surface area contributed by atoms with E-state index >= 15 is 0 Å². The highest BCUT2D eigenvalue weighted by Gasteiger charge is 2.29. The molecule has 0 amide bonds. The molecule has 0 radical (unpaired) electrons. The van der Waals surface area contributed by atoms with Crippen LogP contribution in [0.2, 0.25) is 5.02 Å². The molecular formula is C9H5Cl2NO2S. The molecule has 0 atom stereocenters. The van der Waals surface area contributed by atoms with E-state index in [4.69, 9.17) is 23.2 Å². The van der Waals surface area contributed by atoms with Gasteiger partial charge in [-0.1, -0.05) is 35.3 Å². The van der Waals surface area contributed by atoms with Crippen molar-refractivity contribution >= 4 is 38.1 Å². The highest BCUT2D eigenvalue weighted by Crippen LogP contribution is 2.25. The van der Waals surface area contributed by atoms with Gasteiger partial charge in [0.15, 0.2) is 9.41 Å². The Bertz CT molecular complexity index is 558. The fourth-order valence-electron chi connectivity index (χ4n) is 1.16. The first-order valence-electron chi connectivity index (χ1n) is 3.96. The van der Waals surface area contributed by atoms with E-state index < -0.39 is 9.84 Å². The summed E-state index contributed by atoms with van der Waals surface area (Å²) >= 11 is 11.2. The number of sulfone groups is 1. The maximum atomic E-state index is 11.6. The van der Waals surface area contributed by atoms with Crippen LogP contribution in [-0.2, 0) is 9.84 Å². The molecule has 6 heteroatoms. The molecule has 0 unspecified atom stereocenters. The number of aliphatic imine (C=N–C) groups is 1. The van der Waals surface area contributed by atoms with Gasteiger partial charge in [-0.05, 0) is 12.1 Å². The van der Waals surface area contributed by atoms with Crippen LogP contribution in [0.15, 0.2) is 39.8 Å². The third kappa shape index (κ3) is 1.80. The van der Waals surface area contributed by atoms with Gasteiger partial charge in [0.1, 0.15) is 0 Å². The zero-order valence-corrected chi connectivity index (χ0v) is 9.64. The molecule has 15 heavy (non-hydrogen) atoms. The van der Waals surface area contributed by atoms with Crippen LogP contribution in [0.1, 0.15) is 5.56 Å². The summed E-state index contributed by atoms with van der Waals surface area (Å²) in [7, 11) is -3.60. The van der Waals surface area contributed by atoms with E-state index in [1.807, 2.05) is 0 Å². The van der Waals surface area contributed by atoms with Gasteiger partial charge in [0, 0.05) is 10.6 Å². The second-order valence-electron chi connectivity index (χ2n) is 2.88. The minimum Gasteiger partial charge on any atom is -0.241 e. The van der Waals surface area contributed by atoms with Gasteiger partial charge in [-0.3, -0.25) is 0 Å². The molecule has 0 aliphatic carbocycles. The summed E-state index contributed by atoms with van der Waals surface area (Å²) in [6.45, 7) is 0. The van der Waals surface area contributed by atoms with E-state index in [1.165, 1.54) is 0 Å². The molecule has 1 aromatic rings. The lowest BCUT2D eigenvalue weighted by atomic mass is 10.2. The van der Waals surface area contributed by atoms with Gasteiger partial charge in [0.2, 0.25) is 9.84 Å². The molecule has 0 spiro atoms. The predicted molar refractivity (Wildman–Crippen MR) is 60.8 cm³/mol. The van der Waals surface area contributed by atoms with Gasteiger partial charge in [0.25, 0.3) is 0 Å². The summed E-state index contributed by atoms with van der Waals surface area (Å²) < 4.78 is 23.0. The van der Waals surface area contributed by atoms with Crippen molar-refractivity contribution in [3.8, 4) is 0 Å². The second kappa shape index (κ2) is 3.63. The molecule has 0 N–H and O–H groups in total. The van der Waals surface area contributed by atoms with Crippen LogP contribution < -0.4 is 0 Å². The standard InChI is InChI=1S/C9H5Cl2NO2S/c10-7-3-1-6(2-4-7)9-12-5-8(11)15(9,13)14/h1-5H. The zero-order chi connectivity index (χ0) is 11.1. The maximum absolute atomic E-state index is 11.6. The fourth-order valence-corrected chi connectivity index (χ4v) is 2.57. The minimum absolute atomic E-state index is 0.0378. The Kier molecular flexibility index (Phi) is 2.58. The van der Waals surface area contributed by atoms with E-state index in [-0.39, 0.29) is 9.41 Å². The summed E-state index contributed by atoms with van der Waals surface area (Å²) in [5.74, 6) is 0. The van der Waals surface area contributed by atoms with E-state index in [1.54, 1.807) is 24.3 Å². The van der Waals surface area contributed by atoms with Gasteiger partial charge in [-0.2, -0.15) is 0 Å². The highest BCUT2D eigenvalue weighted by atomic mass is 35.5. The van der Waals surface area contributed by atoms with Crippen LogP contribution >= 0.6 is 23.2 Å². The van der Waals surface area contributed by atoms with Gasteiger partial charge < -0.3 is 0 Å². The molecule has 1 aliphatic rings. The first-order valence-corrected chi connectivity index (χ1v) is 6.20. The molecule has 1 heterocycles. The molecule has 78 valence electrons. The van der Waals surface area contributed by atoms with Crippen molar-refractivity contribution in [1.82, 2.24) is 0 Å². The van der Waals surface area contributed by atoms with E-state index in [2.05, 4.69) is 4.99 Å². The molecule has 3 nitrogen and oxygen atoms in total. The second-order valence-corrected chi connectivity index (χ2v) is 5.78. The molecule has 1 aromatic carbocycles. The molecule has 0 saturated heterocycles. The first-order chi connectivity index (χ1) is 7.01. The minimum atomic E-state index is -3.60. The molecule has 0 bridgehead atoms. The number of rotatable bonds is 1. The average Bonchev–Trinajstić information content (AvgIpc) is 2.44. The van der Waals surface area contributed by atoms with E-state index in [0.29, 0.717) is 10.6 Å². The molecule has 2 rings (SSSR count). The SMILES string of the molecule is O=S1(=O)C(Cl)=CN=C1c1ccc(Cl)cc1. The van der Waals surface area contributed by atoms with Crippen molar-refractivity contribution in [2.75, 3.05) is 0 Å². The van der Waals surface area contributed by atoms with Crippen molar-refractivity contribution in [3.05, 3.63) is 45.4 Å². The van der Waals surface area contributed by atoms with Crippen LogP contribution in [0.3, 0.4) is 0 Å². The van der Waals surface area contributed by atoms with Gasteiger partial charge >= 0.3 is 0 Å². The largest absolute Gasteiger partial charge is 0.241 e. The van der Waals surface area contributed by atoms with E-state index in [9.17, 15) is 8.42 Å². The lowest BCUT2D eigenvalue weighted by Gasteiger charge is -2.01. The number of nitrogens with zero attached hydrogens (tertiary/aromatic N) is 1. The van der Waals surface area contributed by atoms with Crippen LogP contribution in [0, 0.1) is 0 Å². The summed E-state index contributed by atoms with van der Waals surface area (Å²) in [6.07, 6.45) is 1.13. The fraction of sp³-hybridized carbons (Fsp3) is 0. The Labute approximate surface area is 97.0 Å². The van der Waals surface area contributed by atoms with Crippen molar-refractivity contribution < 1.29 is 8.42 Å². The third-order valence-corrected chi connectivity index (χ3v) is 4.31. The van der Waals surface area contributed by atoms with Gasteiger partial charge in [0.05, 0.1) is 6.20 Å². The monoisotopic (exact) mass is 261 g/mol. The lowest BCUT2D eigenvalue weighted by molar-refractivity contribution is 0.615. The highest BCUT2D eigenvalue weighted by molar-refractivity contribution is 8.11. The summed E-state index contributed by atoms with van der Waals surface area (Å²) in [5, 5.41) is 0.498. The molecular weight excluding hydrogens is 257 g/mol. The van der Waals surface area contributed by atoms with Crippen molar-refractivity contribution in [2.24, 2.45) is 4.99 Å². The van der Waals surface area contributed by atoms with Gasteiger partial charge in [-0.25, -0.2) is 13.4 Å². The smallest absolute Gasteiger partial charge is 0.236 e. The molecule has 0 saturated carbocycles. The Balaban J connectivity index is 2.49. The third-order valence-electron chi connectivity index (χ3n) is 1.89. The predicted octanol–water partition coefficient (Wildman–Crippen LogP) is 2.55. The maximum Gasteiger partial charge on any atom is 0.236 e. The average molecular weight is 262 g/mol. The first kappa shape index (κ1) is 10.7. The number of benzene rings is 1.